The maximum absolute atomic E-state index is 10.7. The average Bonchev–Trinajstić information content (AvgIpc) is 2.79. The van der Waals surface area contributed by atoms with Gasteiger partial charge in [-0.3, -0.25) is 10.1 Å². The van der Waals surface area contributed by atoms with Gasteiger partial charge in [0.1, 0.15) is 12.0 Å². The molecule has 0 spiro atoms. The number of hydrogen-bond donors (Lipinski definition) is 1. The van der Waals surface area contributed by atoms with Crippen LogP contribution in [-0.4, -0.2) is 27.0 Å². The topological polar surface area (TPSA) is 68.1 Å². The lowest BCUT2D eigenvalue weighted by molar-refractivity contribution is -0.385. The van der Waals surface area contributed by atoms with Crippen LogP contribution in [0.25, 0.3) is 0 Å². The summed E-state index contributed by atoms with van der Waals surface area (Å²) in [6, 6.07) is 1.89. The summed E-state index contributed by atoms with van der Waals surface area (Å²) in [6.07, 6.45) is 4.87. The molecule has 1 heterocycles. The molecule has 1 aromatic rings. The summed E-state index contributed by atoms with van der Waals surface area (Å²) in [4.78, 5) is 14.4. The van der Waals surface area contributed by atoms with Crippen LogP contribution >= 0.6 is 27.7 Å². The number of nitro groups is 1. The van der Waals surface area contributed by atoms with E-state index in [4.69, 9.17) is 0 Å². The van der Waals surface area contributed by atoms with Gasteiger partial charge < -0.3 is 5.32 Å². The van der Waals surface area contributed by atoms with Crippen LogP contribution in [0.4, 0.5) is 11.5 Å². The first kappa shape index (κ1) is 14.6. The number of halogens is 1. The zero-order chi connectivity index (χ0) is 13.8. The number of pyridine rings is 1. The van der Waals surface area contributed by atoms with Crippen LogP contribution < -0.4 is 5.32 Å². The quantitative estimate of drug-likeness (QED) is 0.648. The van der Waals surface area contributed by atoms with Gasteiger partial charge in [-0.05, 0) is 34.5 Å². The van der Waals surface area contributed by atoms with Crippen LogP contribution in [0, 0.1) is 10.1 Å². The van der Waals surface area contributed by atoms with Crippen LogP contribution in [0.5, 0.6) is 0 Å². The van der Waals surface area contributed by atoms with E-state index >= 15 is 0 Å². The van der Waals surface area contributed by atoms with Crippen molar-refractivity contribution in [1.29, 1.82) is 0 Å². The molecule has 0 amide bonds. The number of aromatic nitrogens is 1. The molecule has 19 heavy (non-hydrogen) atoms. The number of nitrogens with one attached hydrogen (secondary N) is 1. The van der Waals surface area contributed by atoms with E-state index in [1.807, 2.05) is 11.8 Å². The predicted molar refractivity (Wildman–Crippen MR) is 81.8 cm³/mol. The Morgan fingerprint density at radius 2 is 2.42 bits per heavy atom. The van der Waals surface area contributed by atoms with Crippen molar-refractivity contribution < 1.29 is 4.92 Å². The number of rotatable bonds is 5. The molecule has 1 aromatic heterocycles. The molecular weight excluding hydrogens is 330 g/mol. The van der Waals surface area contributed by atoms with E-state index in [9.17, 15) is 10.1 Å². The smallest absolute Gasteiger partial charge is 0.288 e. The molecule has 0 bridgehead atoms. The normalized spacial score (nSPS) is 22.4. The van der Waals surface area contributed by atoms with Crippen LogP contribution in [0.1, 0.15) is 26.2 Å². The SMILES string of the molecule is CCSC1CCCC1Nc1ncc([N+](=O)[O-])cc1Br. The summed E-state index contributed by atoms with van der Waals surface area (Å²) in [5.74, 6) is 1.80. The highest BCUT2D eigenvalue weighted by Crippen LogP contribution is 2.33. The first-order chi connectivity index (χ1) is 9.11. The van der Waals surface area contributed by atoms with E-state index < -0.39 is 4.92 Å². The molecule has 2 unspecified atom stereocenters. The van der Waals surface area contributed by atoms with E-state index in [1.54, 1.807) is 0 Å². The highest BCUT2D eigenvalue weighted by atomic mass is 79.9. The Labute approximate surface area is 124 Å². The molecule has 104 valence electrons. The van der Waals surface area contributed by atoms with E-state index in [0.29, 0.717) is 21.6 Å². The zero-order valence-corrected chi connectivity index (χ0v) is 13.0. The van der Waals surface area contributed by atoms with Gasteiger partial charge in [0.2, 0.25) is 0 Å². The molecule has 0 radical (unpaired) electrons. The van der Waals surface area contributed by atoms with Crippen LogP contribution in [0.2, 0.25) is 0 Å². The van der Waals surface area contributed by atoms with Crippen molar-refractivity contribution in [3.8, 4) is 0 Å². The van der Waals surface area contributed by atoms with Crippen molar-refractivity contribution in [1.82, 2.24) is 4.98 Å². The minimum Gasteiger partial charge on any atom is -0.365 e. The van der Waals surface area contributed by atoms with Crippen molar-refractivity contribution >= 4 is 39.2 Å². The fraction of sp³-hybridized carbons (Fsp3) is 0.583. The lowest BCUT2D eigenvalue weighted by Crippen LogP contribution is -2.26. The lowest BCUT2D eigenvalue weighted by Gasteiger charge is -2.21. The number of thioether (sulfide) groups is 1. The average molecular weight is 346 g/mol. The Hall–Kier alpha value is -0.820. The summed E-state index contributed by atoms with van der Waals surface area (Å²) in [5, 5.41) is 14.7. The third-order valence-corrected chi connectivity index (χ3v) is 5.12. The van der Waals surface area contributed by atoms with Crippen LogP contribution in [0.3, 0.4) is 0 Å². The fourth-order valence-electron chi connectivity index (χ4n) is 2.31. The Morgan fingerprint density at radius 3 is 3.05 bits per heavy atom. The van der Waals surface area contributed by atoms with Crippen LogP contribution in [0.15, 0.2) is 16.7 Å². The molecule has 1 saturated carbocycles. The van der Waals surface area contributed by atoms with Gasteiger partial charge in [0, 0.05) is 17.4 Å². The largest absolute Gasteiger partial charge is 0.365 e. The molecule has 0 aliphatic heterocycles. The van der Waals surface area contributed by atoms with E-state index in [1.165, 1.54) is 25.1 Å². The summed E-state index contributed by atoms with van der Waals surface area (Å²) >= 11 is 5.31. The molecule has 0 saturated heterocycles. The van der Waals surface area contributed by atoms with Gasteiger partial charge in [-0.2, -0.15) is 11.8 Å². The van der Waals surface area contributed by atoms with Gasteiger partial charge in [-0.15, -0.1) is 0 Å². The van der Waals surface area contributed by atoms with E-state index in [0.717, 1.165) is 12.2 Å². The third kappa shape index (κ3) is 3.60. The van der Waals surface area contributed by atoms with Gasteiger partial charge in [0.25, 0.3) is 5.69 Å². The van der Waals surface area contributed by atoms with Gasteiger partial charge in [0.15, 0.2) is 0 Å². The summed E-state index contributed by atoms with van der Waals surface area (Å²) < 4.78 is 0.647. The number of nitrogens with zero attached hydrogens (tertiary/aromatic N) is 2. The Morgan fingerprint density at radius 1 is 1.63 bits per heavy atom. The second kappa shape index (κ2) is 6.56. The Balaban J connectivity index is 2.08. The summed E-state index contributed by atoms with van der Waals surface area (Å²) in [5.41, 5.74) is 0.00308. The summed E-state index contributed by atoms with van der Waals surface area (Å²) in [6.45, 7) is 2.17. The minimum absolute atomic E-state index is 0.00308. The molecule has 1 fully saturated rings. The van der Waals surface area contributed by atoms with Crippen molar-refractivity contribution in [3.63, 3.8) is 0 Å². The van der Waals surface area contributed by atoms with E-state index in [2.05, 4.69) is 33.2 Å². The molecule has 1 aliphatic carbocycles. The lowest BCUT2D eigenvalue weighted by atomic mass is 10.2. The molecule has 1 aliphatic rings. The second-order valence-electron chi connectivity index (χ2n) is 4.46. The molecule has 2 rings (SSSR count). The Kier molecular flexibility index (Phi) is 5.04. The van der Waals surface area contributed by atoms with Crippen molar-refractivity contribution in [2.45, 2.75) is 37.5 Å². The minimum atomic E-state index is -0.438. The monoisotopic (exact) mass is 345 g/mol. The summed E-state index contributed by atoms with van der Waals surface area (Å²) in [7, 11) is 0. The molecular formula is C12H16BrN3O2S. The highest BCUT2D eigenvalue weighted by Gasteiger charge is 2.28. The first-order valence-corrected chi connectivity index (χ1v) is 8.14. The standard InChI is InChI=1S/C12H16BrN3O2S/c1-2-19-11-5-3-4-10(11)15-12-9(13)6-8(7-14-12)16(17)18/h6-7,10-11H,2-5H2,1H3,(H,14,15). The molecule has 0 aromatic carbocycles. The fourth-order valence-corrected chi connectivity index (χ4v) is 3.96. The predicted octanol–water partition coefficient (Wildman–Crippen LogP) is 3.84. The molecule has 5 nitrogen and oxygen atoms in total. The maximum Gasteiger partial charge on any atom is 0.288 e. The first-order valence-electron chi connectivity index (χ1n) is 6.30. The van der Waals surface area contributed by atoms with Crippen molar-refractivity contribution in [3.05, 3.63) is 26.9 Å². The van der Waals surface area contributed by atoms with Crippen molar-refractivity contribution in [2.24, 2.45) is 0 Å². The van der Waals surface area contributed by atoms with Gasteiger partial charge in [-0.25, -0.2) is 4.98 Å². The number of hydrogen-bond acceptors (Lipinski definition) is 5. The third-order valence-electron chi connectivity index (χ3n) is 3.19. The van der Waals surface area contributed by atoms with E-state index in [-0.39, 0.29) is 5.69 Å². The molecule has 7 heteroatoms. The van der Waals surface area contributed by atoms with Crippen LogP contribution in [-0.2, 0) is 0 Å². The van der Waals surface area contributed by atoms with Crippen molar-refractivity contribution in [2.75, 3.05) is 11.1 Å². The van der Waals surface area contributed by atoms with Gasteiger partial charge in [0.05, 0.1) is 9.40 Å². The Bertz CT molecular complexity index is 472. The molecule has 2 atom stereocenters. The maximum atomic E-state index is 10.7. The van der Waals surface area contributed by atoms with Gasteiger partial charge >= 0.3 is 0 Å². The number of anilines is 1. The second-order valence-corrected chi connectivity index (χ2v) is 6.83. The zero-order valence-electron chi connectivity index (χ0n) is 10.6. The van der Waals surface area contributed by atoms with Gasteiger partial charge in [-0.1, -0.05) is 13.3 Å². The molecule has 1 N–H and O–H groups in total. The highest BCUT2D eigenvalue weighted by molar-refractivity contribution is 9.10.